The molecule has 0 saturated heterocycles. The summed E-state index contributed by atoms with van der Waals surface area (Å²) < 4.78 is 84.5. The number of rotatable bonds is 16. The van der Waals surface area contributed by atoms with Crippen LogP contribution in [0.3, 0.4) is 0 Å². The lowest BCUT2D eigenvalue weighted by molar-refractivity contribution is 0.103. The minimum absolute atomic E-state index is 0.0125. The van der Waals surface area contributed by atoms with E-state index >= 15 is 0 Å². The molecule has 0 heterocycles. The van der Waals surface area contributed by atoms with Crippen LogP contribution in [0.1, 0.15) is 197 Å². The maximum atomic E-state index is 12.1. The Morgan fingerprint density at radius 2 is 0.366 bits per heavy atom. The zero-order valence-corrected chi connectivity index (χ0v) is 66.8. The molecular formula is C110H108O2. The molecular weight excluding hydrogens is 1350 g/mol. The molecule has 2 nitrogen and oxygen atoms in total. The highest BCUT2D eigenvalue weighted by Gasteiger charge is 2.33. The summed E-state index contributed by atoms with van der Waals surface area (Å²) in [6.45, 7) is 27.5. The van der Waals surface area contributed by atoms with E-state index in [9.17, 15) is 9.59 Å². The SMILES string of the molecule is [2H]c1cc(C(=O)c2ccccc2)cc([2H])c1C.[2H]c1ccc(C(=O)c2ccc(C)c([2H])c2)cc1.[2H]c1ccc(C(C)(C)c2ccc(C(C)(c3ccc([2H])cc3)c3ccc([2H])cc3)cc2)cc1.[2H]c1ccc(C(C)(C)c2ccc(C)cc2)cc1.[2H]c1ccc(C(C)(C)c2ccc(C)cc2)cc1.[2H]c1ccc(C(C)(c2ccc([2H])cc2)c2ccc(C)cc2)cc1. The van der Waals surface area contributed by atoms with Crippen LogP contribution in [0, 0.1) is 34.6 Å². The zero-order valence-electron chi connectivity index (χ0n) is 77.8. The Balaban J connectivity index is 0.000000158. The molecule has 15 rings (SSSR count). The van der Waals surface area contributed by atoms with Gasteiger partial charge >= 0.3 is 0 Å². The van der Waals surface area contributed by atoms with E-state index in [1.807, 2.05) is 183 Å². The van der Waals surface area contributed by atoms with Crippen molar-refractivity contribution in [3.05, 3.63) is 535 Å². The summed E-state index contributed by atoms with van der Waals surface area (Å²) in [6, 6.07) is 117. The first kappa shape index (κ1) is 67.7. The maximum Gasteiger partial charge on any atom is 0.193 e. The third-order valence-corrected chi connectivity index (χ3v) is 21.3. The lowest BCUT2D eigenvalue weighted by Gasteiger charge is -2.33. The van der Waals surface area contributed by atoms with Crippen LogP contribution in [-0.4, -0.2) is 11.6 Å². The van der Waals surface area contributed by atoms with Crippen LogP contribution in [0.5, 0.6) is 0 Å². The normalized spacial score (nSPS) is 12.5. The zero-order chi connectivity index (χ0) is 89.1. The van der Waals surface area contributed by atoms with Gasteiger partial charge in [0.1, 0.15) is 0 Å². The van der Waals surface area contributed by atoms with Gasteiger partial charge in [-0.1, -0.05) is 488 Å². The summed E-state index contributed by atoms with van der Waals surface area (Å²) in [5.74, 6) is -0.258. The van der Waals surface area contributed by atoms with Crippen LogP contribution in [0.25, 0.3) is 0 Å². The van der Waals surface area contributed by atoms with Crippen LogP contribution in [0.15, 0.2) is 418 Å². The smallest absolute Gasteiger partial charge is 0.193 e. The fourth-order valence-electron chi connectivity index (χ4n) is 13.5. The van der Waals surface area contributed by atoms with Crippen LogP contribution in [0.2, 0.25) is 0 Å². The molecule has 0 spiro atoms. The summed E-state index contributed by atoms with van der Waals surface area (Å²) in [4.78, 5) is 24.2. The lowest BCUT2D eigenvalue weighted by atomic mass is 9.70. The van der Waals surface area contributed by atoms with Crippen molar-refractivity contribution < 1.29 is 24.7 Å². The first-order valence-electron chi connectivity index (χ1n) is 43.6. The van der Waals surface area contributed by atoms with Crippen LogP contribution in [0.4, 0.5) is 0 Å². The van der Waals surface area contributed by atoms with E-state index in [1.165, 1.54) is 67.8 Å². The van der Waals surface area contributed by atoms with Crippen molar-refractivity contribution in [2.45, 2.75) is 117 Å². The molecule has 0 saturated carbocycles. The second kappa shape index (κ2) is 38.8. The fourth-order valence-corrected chi connectivity index (χ4v) is 13.5. The van der Waals surface area contributed by atoms with Gasteiger partial charge in [-0.2, -0.15) is 0 Å². The van der Waals surface area contributed by atoms with Crippen molar-refractivity contribution in [3.63, 3.8) is 0 Å². The molecule has 0 unspecified atom stereocenters. The first-order chi connectivity index (χ1) is 58.4. The van der Waals surface area contributed by atoms with Gasteiger partial charge in [0.25, 0.3) is 0 Å². The molecule has 0 N–H and O–H groups in total. The predicted molar refractivity (Wildman–Crippen MR) is 475 cm³/mol. The van der Waals surface area contributed by atoms with E-state index in [0.717, 1.165) is 33.4 Å². The van der Waals surface area contributed by atoms with Gasteiger partial charge in [0.05, 0.1) is 15.1 Å². The van der Waals surface area contributed by atoms with Crippen molar-refractivity contribution in [1.29, 1.82) is 0 Å². The van der Waals surface area contributed by atoms with Crippen LogP contribution < -0.4 is 0 Å². The third-order valence-electron chi connectivity index (χ3n) is 21.3. The maximum absolute atomic E-state index is 12.1. The number of benzene rings is 15. The molecule has 15 aromatic rings. The Morgan fingerprint density at radius 1 is 0.188 bits per heavy atom. The Kier molecular flexibility index (Phi) is 23.5. The molecule has 0 radical (unpaired) electrons. The number of ketones is 2. The van der Waals surface area contributed by atoms with Crippen LogP contribution >= 0.6 is 0 Å². The predicted octanol–water partition coefficient (Wildman–Crippen LogP) is 27.8. The second-order valence-electron chi connectivity index (χ2n) is 30.1. The second-order valence-corrected chi connectivity index (χ2v) is 30.1. The fraction of sp³-hybridized carbons (Fsp3) is 0.164. The molecule has 15 aromatic carbocycles. The van der Waals surface area contributed by atoms with Gasteiger partial charge in [-0.15, -0.1) is 0 Å². The molecule has 0 bridgehead atoms. The molecule has 0 atom stereocenters. The summed E-state index contributed by atoms with van der Waals surface area (Å²) >= 11 is 0. The lowest BCUT2D eigenvalue weighted by Crippen LogP contribution is -2.26. The standard InChI is InChI=1S/C29H28.C21H20.2C16H18.2C14H12O/c1-28(2,23-13-7-4-8-14-23)24-19-21-27(22-20-24)29(3,25-15-9-5-10-16-25)26-17-11-6-12-18-26;1-17-13-15-20(16-14-17)21(2,18-9-5-3-6-10-18)19-11-7-4-8-12-19;2*1-13-9-11-15(12-10-13)16(2,3)14-7-5-4-6-8-14;2*1-11-7-9-13(10-8-11)14(15)12-5-3-2-4-6-12/h4-22H,1-3H3;3-16H,1-2H3;2*4-12H,1-3H3;2*2-10H,1H3/i4D,5D,6D;3D,4D;2*4D;7D,8D;2D,7D. The van der Waals surface area contributed by atoms with Gasteiger partial charge in [0, 0.05) is 49.3 Å². The number of carbonyl (C=O) groups excluding carboxylic acids is 2. The van der Waals surface area contributed by atoms with E-state index in [2.05, 4.69) is 173 Å². The van der Waals surface area contributed by atoms with E-state index in [0.29, 0.717) is 82.2 Å². The quantitative estimate of drug-likeness (QED) is 0.0714. The Labute approximate surface area is 684 Å². The summed E-state index contributed by atoms with van der Waals surface area (Å²) in [7, 11) is 0. The molecule has 2 heteroatoms. The van der Waals surface area contributed by atoms with Crippen molar-refractivity contribution >= 4 is 11.6 Å². The number of hydrogen-bond acceptors (Lipinski definition) is 2. The largest absolute Gasteiger partial charge is 0.289 e. The molecule has 112 heavy (non-hydrogen) atoms. The average Bonchev–Trinajstić information content (AvgIpc) is 0.661. The van der Waals surface area contributed by atoms with Gasteiger partial charge in [0.2, 0.25) is 0 Å². The van der Waals surface area contributed by atoms with Gasteiger partial charge in [0.15, 0.2) is 11.6 Å². The van der Waals surface area contributed by atoms with Crippen molar-refractivity contribution in [2.75, 3.05) is 0 Å². The van der Waals surface area contributed by atoms with E-state index in [4.69, 9.17) is 15.1 Å². The Hall–Kier alpha value is -12.4. The highest BCUT2D eigenvalue weighted by molar-refractivity contribution is 6.09. The highest BCUT2D eigenvalue weighted by Crippen LogP contribution is 2.42. The summed E-state index contributed by atoms with van der Waals surface area (Å²) in [6.07, 6.45) is 0. The molecule has 560 valence electrons. The van der Waals surface area contributed by atoms with E-state index in [1.54, 1.807) is 73.7 Å². The molecule has 0 amide bonds. The van der Waals surface area contributed by atoms with Crippen molar-refractivity contribution in [3.8, 4) is 0 Å². The summed E-state index contributed by atoms with van der Waals surface area (Å²) in [5, 5.41) is 0. The number of hydrogen-bond donors (Lipinski definition) is 0. The molecule has 0 aliphatic heterocycles. The number of carbonyl (C=O) groups is 2. The minimum Gasteiger partial charge on any atom is -0.289 e. The number of aryl methyl sites for hydroxylation is 4. The minimum atomic E-state index is -0.406. The molecule has 0 aromatic heterocycles. The Bertz CT molecular complexity index is 5600. The van der Waals surface area contributed by atoms with Crippen LogP contribution in [-0.2, 0) is 27.1 Å². The van der Waals surface area contributed by atoms with Gasteiger partial charge in [-0.3, -0.25) is 9.59 Å². The first-order valence-corrected chi connectivity index (χ1v) is 38.1. The monoisotopic (exact) mass is 1470 g/mol. The van der Waals surface area contributed by atoms with Gasteiger partial charge < -0.3 is 0 Å². The average molecular weight is 1470 g/mol. The van der Waals surface area contributed by atoms with Gasteiger partial charge in [-0.05, 0) is 115 Å². The molecule has 0 aliphatic rings. The Morgan fingerprint density at radius 3 is 0.643 bits per heavy atom. The molecule has 0 fully saturated rings. The van der Waals surface area contributed by atoms with E-state index < -0.39 is 5.41 Å². The van der Waals surface area contributed by atoms with E-state index in [-0.39, 0.29) is 45.3 Å². The third kappa shape index (κ3) is 21.2. The summed E-state index contributed by atoms with van der Waals surface area (Å²) in [5.41, 5.74) is 20.8. The van der Waals surface area contributed by atoms with Gasteiger partial charge in [-0.25, -0.2) is 0 Å². The topological polar surface area (TPSA) is 34.1 Å². The van der Waals surface area contributed by atoms with Crippen molar-refractivity contribution in [1.82, 2.24) is 0 Å². The molecule has 0 aliphatic carbocycles. The highest BCUT2D eigenvalue weighted by atomic mass is 16.1. The van der Waals surface area contributed by atoms with Crippen molar-refractivity contribution in [2.24, 2.45) is 0 Å².